The number of hydrogen-bond acceptors (Lipinski definition) is 4. The molecule has 7 heteroatoms. The van der Waals surface area contributed by atoms with Gasteiger partial charge in [-0.2, -0.15) is 0 Å². The highest BCUT2D eigenvalue weighted by atomic mass is 16.6. The van der Waals surface area contributed by atoms with Crippen molar-refractivity contribution in [1.82, 2.24) is 15.5 Å². The second kappa shape index (κ2) is 11.0. The van der Waals surface area contributed by atoms with Crippen molar-refractivity contribution in [3.05, 3.63) is 35.4 Å². The van der Waals surface area contributed by atoms with Crippen molar-refractivity contribution >= 4 is 17.9 Å². The Morgan fingerprint density at radius 1 is 1.19 bits per heavy atom. The van der Waals surface area contributed by atoms with Gasteiger partial charge in [0.1, 0.15) is 17.7 Å². The topological polar surface area (TPSA) is 87.7 Å². The molecule has 1 aromatic rings. The second-order valence-corrected chi connectivity index (χ2v) is 9.37. The molecular formula is C25H35N3O4. The summed E-state index contributed by atoms with van der Waals surface area (Å²) in [6.45, 7) is 8.62. The minimum atomic E-state index is -1.00. The summed E-state index contributed by atoms with van der Waals surface area (Å²) in [5, 5.41) is 5.59. The fourth-order valence-corrected chi connectivity index (χ4v) is 3.81. The Kier molecular flexibility index (Phi) is 8.71. The van der Waals surface area contributed by atoms with Gasteiger partial charge in [-0.25, -0.2) is 4.79 Å². The van der Waals surface area contributed by atoms with Gasteiger partial charge in [0.25, 0.3) is 5.91 Å². The summed E-state index contributed by atoms with van der Waals surface area (Å²) >= 11 is 0. The molecule has 0 radical (unpaired) electrons. The van der Waals surface area contributed by atoms with Gasteiger partial charge in [-0.05, 0) is 53.0 Å². The summed E-state index contributed by atoms with van der Waals surface area (Å²) in [5.74, 6) is -0.887. The van der Waals surface area contributed by atoms with Crippen LogP contribution in [0.25, 0.3) is 0 Å². The Labute approximate surface area is 191 Å². The summed E-state index contributed by atoms with van der Waals surface area (Å²) < 4.78 is 5.23. The molecule has 2 unspecified atom stereocenters. The number of carbonyl (C=O) groups is 3. The largest absolute Gasteiger partial charge is 0.444 e. The molecule has 1 fully saturated rings. The number of ether oxygens (including phenoxy) is 1. The van der Waals surface area contributed by atoms with Gasteiger partial charge < -0.3 is 15.4 Å². The van der Waals surface area contributed by atoms with Gasteiger partial charge in [0.15, 0.2) is 0 Å². The normalized spacial score (nSPS) is 16.2. The average Bonchev–Trinajstić information content (AvgIpc) is 2.70. The van der Waals surface area contributed by atoms with E-state index >= 15 is 0 Å². The first-order chi connectivity index (χ1) is 15.0. The summed E-state index contributed by atoms with van der Waals surface area (Å²) in [7, 11) is 0. The average molecular weight is 442 g/mol. The van der Waals surface area contributed by atoms with Crippen LogP contribution in [-0.4, -0.2) is 40.5 Å². The minimum Gasteiger partial charge on any atom is -0.444 e. The van der Waals surface area contributed by atoms with Crippen LogP contribution in [0.5, 0.6) is 0 Å². The molecule has 2 rings (SSSR count). The van der Waals surface area contributed by atoms with E-state index in [0.717, 1.165) is 42.6 Å². The molecule has 0 aliphatic heterocycles. The van der Waals surface area contributed by atoms with Crippen LogP contribution >= 0.6 is 0 Å². The Bertz CT molecular complexity index is 863. The molecule has 2 N–H and O–H groups in total. The summed E-state index contributed by atoms with van der Waals surface area (Å²) in [6.07, 6.45) is 10.1. The first-order valence-corrected chi connectivity index (χ1v) is 11.2. The third-order valence-electron chi connectivity index (χ3n) is 5.30. The molecule has 174 valence electrons. The number of amides is 3. The van der Waals surface area contributed by atoms with Crippen molar-refractivity contribution < 1.29 is 19.1 Å². The number of nitrogens with one attached hydrogen (secondary N) is 2. The van der Waals surface area contributed by atoms with Crippen molar-refractivity contribution in [3.8, 4) is 12.5 Å². The maximum Gasteiger partial charge on any atom is 0.408 e. The first kappa shape index (κ1) is 25.3. The van der Waals surface area contributed by atoms with Crippen molar-refractivity contribution in [2.45, 2.75) is 90.4 Å². The zero-order valence-electron chi connectivity index (χ0n) is 19.7. The van der Waals surface area contributed by atoms with Crippen molar-refractivity contribution in [2.24, 2.45) is 0 Å². The Morgan fingerprint density at radius 2 is 1.84 bits per heavy atom. The number of rotatable bonds is 6. The maximum absolute atomic E-state index is 13.3. The SMILES string of the molecule is C#CN(C(=O)C(C)NC(=O)OC(C)(C)C)C(C(=O)NC1CCCCC1)c1cccc(C)c1. The Balaban J connectivity index is 2.26. The predicted octanol–water partition coefficient (Wildman–Crippen LogP) is 3.82. The fourth-order valence-electron chi connectivity index (χ4n) is 3.81. The molecule has 0 spiro atoms. The molecule has 1 saturated carbocycles. The van der Waals surface area contributed by atoms with E-state index in [-0.39, 0.29) is 11.9 Å². The van der Waals surface area contributed by atoms with Crippen LogP contribution in [0.3, 0.4) is 0 Å². The van der Waals surface area contributed by atoms with E-state index in [1.165, 1.54) is 6.92 Å². The van der Waals surface area contributed by atoms with Crippen molar-refractivity contribution in [2.75, 3.05) is 0 Å². The minimum absolute atomic E-state index is 0.0654. The van der Waals surface area contributed by atoms with Crippen LogP contribution in [0.4, 0.5) is 4.79 Å². The molecule has 7 nitrogen and oxygen atoms in total. The van der Waals surface area contributed by atoms with Gasteiger partial charge in [0.05, 0.1) is 0 Å². The van der Waals surface area contributed by atoms with Crippen molar-refractivity contribution in [3.63, 3.8) is 0 Å². The quantitative estimate of drug-likeness (QED) is 0.519. The van der Waals surface area contributed by atoms with E-state index in [0.29, 0.717) is 5.56 Å². The maximum atomic E-state index is 13.3. The zero-order chi connectivity index (χ0) is 23.9. The van der Waals surface area contributed by atoms with Crippen LogP contribution in [0, 0.1) is 19.4 Å². The fraction of sp³-hybridized carbons (Fsp3) is 0.560. The van der Waals surface area contributed by atoms with Crippen LogP contribution in [-0.2, 0) is 14.3 Å². The molecule has 1 aromatic carbocycles. The highest BCUT2D eigenvalue weighted by Gasteiger charge is 2.35. The molecule has 32 heavy (non-hydrogen) atoms. The van der Waals surface area contributed by atoms with Gasteiger partial charge in [-0.15, -0.1) is 0 Å². The third-order valence-corrected chi connectivity index (χ3v) is 5.30. The third kappa shape index (κ3) is 7.30. The number of alkyl carbamates (subject to hydrolysis) is 1. The Morgan fingerprint density at radius 3 is 2.41 bits per heavy atom. The van der Waals surface area contributed by atoms with E-state index < -0.39 is 29.7 Å². The van der Waals surface area contributed by atoms with Gasteiger partial charge in [-0.3, -0.25) is 14.5 Å². The molecule has 2 atom stereocenters. The van der Waals surface area contributed by atoms with Crippen LogP contribution in [0.1, 0.15) is 77.0 Å². The van der Waals surface area contributed by atoms with Crippen molar-refractivity contribution in [1.29, 1.82) is 0 Å². The number of nitrogens with zero attached hydrogens (tertiary/aromatic N) is 1. The lowest BCUT2D eigenvalue weighted by Crippen LogP contribution is -2.51. The molecule has 0 saturated heterocycles. The molecule has 0 aromatic heterocycles. The van der Waals surface area contributed by atoms with Crippen LogP contribution < -0.4 is 10.6 Å². The van der Waals surface area contributed by atoms with E-state index in [1.807, 2.05) is 25.1 Å². The standard InChI is InChI=1S/C25H35N3O4/c1-7-28(23(30)18(3)26-24(31)32-25(4,5)6)21(19-13-11-12-17(2)16-19)22(29)27-20-14-9-8-10-15-20/h1,11-13,16,18,20-21H,8-10,14-15H2,2-6H3,(H,26,31)(H,27,29). The molecule has 0 bridgehead atoms. The van der Waals surface area contributed by atoms with Crippen LogP contribution in [0.15, 0.2) is 24.3 Å². The van der Waals surface area contributed by atoms with Gasteiger partial charge in [0.2, 0.25) is 5.91 Å². The van der Waals surface area contributed by atoms with Crippen LogP contribution in [0.2, 0.25) is 0 Å². The molecule has 1 aliphatic carbocycles. The second-order valence-electron chi connectivity index (χ2n) is 9.37. The number of benzene rings is 1. The van der Waals surface area contributed by atoms with E-state index in [1.54, 1.807) is 26.8 Å². The zero-order valence-corrected chi connectivity index (χ0v) is 19.7. The Hall–Kier alpha value is -3.01. The molecule has 1 aliphatic rings. The summed E-state index contributed by atoms with van der Waals surface area (Å²) in [6, 6.07) is 7.82. The predicted molar refractivity (Wildman–Crippen MR) is 123 cm³/mol. The van der Waals surface area contributed by atoms with E-state index in [9.17, 15) is 14.4 Å². The molecule has 3 amide bonds. The highest BCUT2D eigenvalue weighted by Crippen LogP contribution is 2.25. The smallest absolute Gasteiger partial charge is 0.408 e. The highest BCUT2D eigenvalue weighted by molar-refractivity contribution is 5.93. The van der Waals surface area contributed by atoms with E-state index in [2.05, 4.69) is 16.7 Å². The number of aryl methyl sites for hydroxylation is 1. The number of carbonyl (C=O) groups excluding carboxylic acids is 3. The van der Waals surface area contributed by atoms with Gasteiger partial charge >= 0.3 is 6.09 Å². The van der Waals surface area contributed by atoms with Gasteiger partial charge in [-0.1, -0.05) is 55.5 Å². The van der Waals surface area contributed by atoms with Gasteiger partial charge in [0, 0.05) is 12.1 Å². The number of hydrogen-bond donors (Lipinski definition) is 2. The monoisotopic (exact) mass is 441 g/mol. The summed E-state index contributed by atoms with van der Waals surface area (Å²) in [4.78, 5) is 39.7. The molecule has 0 heterocycles. The lowest BCUT2D eigenvalue weighted by atomic mass is 9.94. The lowest BCUT2D eigenvalue weighted by Gasteiger charge is -2.31. The van der Waals surface area contributed by atoms with E-state index in [4.69, 9.17) is 11.2 Å². The first-order valence-electron chi connectivity index (χ1n) is 11.2. The summed E-state index contributed by atoms with van der Waals surface area (Å²) in [5.41, 5.74) is 0.860. The lowest BCUT2D eigenvalue weighted by molar-refractivity contribution is -0.138. The molecular weight excluding hydrogens is 406 g/mol. The number of terminal acetylenes is 1.